The molecule has 0 aliphatic rings. The molecule has 0 radical (unpaired) electrons. The Hall–Kier alpha value is -2.08. The van der Waals surface area contributed by atoms with Gasteiger partial charge in [-0.1, -0.05) is 30.3 Å². The number of nitrogens with two attached hydrogens (primary N) is 1. The Labute approximate surface area is 131 Å². The van der Waals surface area contributed by atoms with E-state index >= 15 is 0 Å². The minimum absolute atomic E-state index is 0.223. The van der Waals surface area contributed by atoms with Crippen LogP contribution in [0.15, 0.2) is 30.3 Å². The van der Waals surface area contributed by atoms with Crippen LogP contribution in [0, 0.1) is 0 Å². The van der Waals surface area contributed by atoms with Crippen molar-refractivity contribution in [1.29, 1.82) is 0 Å². The number of benzene rings is 1. The lowest BCUT2D eigenvalue weighted by Crippen LogP contribution is -2.47. The highest BCUT2D eigenvalue weighted by atomic mass is 16.6. The van der Waals surface area contributed by atoms with Gasteiger partial charge in [0.05, 0.1) is 12.6 Å². The van der Waals surface area contributed by atoms with Crippen molar-refractivity contribution in [2.24, 2.45) is 5.73 Å². The molecule has 122 valence electrons. The number of amides is 1. The Morgan fingerprint density at radius 2 is 1.82 bits per heavy atom. The molecule has 22 heavy (non-hydrogen) atoms. The maximum atomic E-state index is 12.0. The van der Waals surface area contributed by atoms with Crippen molar-refractivity contribution in [2.75, 3.05) is 6.61 Å². The summed E-state index contributed by atoms with van der Waals surface area (Å²) in [6.45, 7) is 7.20. The Morgan fingerprint density at radius 3 is 2.32 bits per heavy atom. The summed E-state index contributed by atoms with van der Waals surface area (Å²) in [6, 6.07) is 7.25. The number of alkyl carbamates (subject to hydrolysis) is 1. The Morgan fingerprint density at radius 1 is 1.23 bits per heavy atom. The van der Waals surface area contributed by atoms with Crippen LogP contribution < -0.4 is 11.1 Å². The van der Waals surface area contributed by atoms with E-state index in [1.165, 1.54) is 0 Å². The summed E-state index contributed by atoms with van der Waals surface area (Å²) in [7, 11) is 0. The second kappa shape index (κ2) is 7.79. The van der Waals surface area contributed by atoms with E-state index in [2.05, 4.69) is 5.32 Å². The molecule has 1 rings (SSSR count). The van der Waals surface area contributed by atoms with Gasteiger partial charge in [0.25, 0.3) is 0 Å². The van der Waals surface area contributed by atoms with Gasteiger partial charge in [0, 0.05) is 0 Å². The molecule has 0 saturated heterocycles. The van der Waals surface area contributed by atoms with Gasteiger partial charge in [-0.25, -0.2) is 4.79 Å². The molecule has 0 spiro atoms. The van der Waals surface area contributed by atoms with E-state index in [4.69, 9.17) is 15.2 Å². The maximum absolute atomic E-state index is 12.0. The fourth-order valence-electron chi connectivity index (χ4n) is 1.85. The Kier molecular flexibility index (Phi) is 6.37. The molecule has 6 heteroatoms. The van der Waals surface area contributed by atoms with E-state index in [0.29, 0.717) is 5.56 Å². The number of nitrogens with one attached hydrogen (secondary N) is 1. The van der Waals surface area contributed by atoms with Gasteiger partial charge in [-0.15, -0.1) is 0 Å². The van der Waals surface area contributed by atoms with E-state index in [9.17, 15) is 9.59 Å². The number of esters is 1. The van der Waals surface area contributed by atoms with Gasteiger partial charge >= 0.3 is 12.1 Å². The maximum Gasteiger partial charge on any atom is 0.408 e. The highest BCUT2D eigenvalue weighted by Gasteiger charge is 2.30. The summed E-state index contributed by atoms with van der Waals surface area (Å²) >= 11 is 0. The van der Waals surface area contributed by atoms with Crippen LogP contribution in [0.3, 0.4) is 0 Å². The van der Waals surface area contributed by atoms with Crippen molar-refractivity contribution < 1.29 is 19.1 Å². The molecule has 0 heterocycles. The third-order valence-electron chi connectivity index (χ3n) is 2.75. The molecule has 1 aromatic carbocycles. The molecule has 6 nitrogen and oxygen atoms in total. The third-order valence-corrected chi connectivity index (χ3v) is 2.75. The SMILES string of the molecule is CCOC(=O)[C@H](N)[C@@H](NC(=O)OC(C)(C)C)c1ccccc1. The van der Waals surface area contributed by atoms with Gasteiger partial charge < -0.3 is 20.5 Å². The molecule has 0 unspecified atom stereocenters. The highest BCUT2D eigenvalue weighted by Crippen LogP contribution is 2.18. The van der Waals surface area contributed by atoms with Gasteiger partial charge in [-0.3, -0.25) is 4.79 Å². The second-order valence-corrected chi connectivity index (χ2v) is 5.81. The first kappa shape index (κ1) is 18.0. The molecule has 0 aliphatic heterocycles. The van der Waals surface area contributed by atoms with Crippen molar-refractivity contribution in [2.45, 2.75) is 45.4 Å². The van der Waals surface area contributed by atoms with Gasteiger partial charge in [0.1, 0.15) is 11.6 Å². The van der Waals surface area contributed by atoms with Crippen LogP contribution in [0.25, 0.3) is 0 Å². The van der Waals surface area contributed by atoms with E-state index in [0.717, 1.165) is 0 Å². The molecule has 0 bridgehead atoms. The molecular formula is C16H24N2O4. The highest BCUT2D eigenvalue weighted by molar-refractivity contribution is 5.78. The molecule has 0 aromatic heterocycles. The standard InChI is InChI=1S/C16H24N2O4/c1-5-21-14(19)12(17)13(11-9-7-6-8-10-11)18-15(20)22-16(2,3)4/h6-10,12-13H,5,17H2,1-4H3,(H,18,20)/t12-,13+/m1/s1. The van der Waals surface area contributed by atoms with Crippen molar-refractivity contribution in [3.05, 3.63) is 35.9 Å². The summed E-state index contributed by atoms with van der Waals surface area (Å²) in [5.74, 6) is -0.576. The minimum Gasteiger partial charge on any atom is -0.465 e. The minimum atomic E-state index is -1.02. The summed E-state index contributed by atoms with van der Waals surface area (Å²) in [4.78, 5) is 23.9. The largest absolute Gasteiger partial charge is 0.465 e. The molecule has 0 saturated carbocycles. The first-order valence-corrected chi connectivity index (χ1v) is 7.21. The van der Waals surface area contributed by atoms with Gasteiger partial charge in [0.2, 0.25) is 0 Å². The van der Waals surface area contributed by atoms with Crippen molar-refractivity contribution in [3.63, 3.8) is 0 Å². The van der Waals surface area contributed by atoms with Crippen LogP contribution in [-0.4, -0.2) is 30.3 Å². The summed E-state index contributed by atoms with van der Waals surface area (Å²) in [5.41, 5.74) is 6.01. The number of rotatable bonds is 5. The third kappa shape index (κ3) is 5.73. The average Bonchev–Trinajstić information content (AvgIpc) is 2.43. The van der Waals surface area contributed by atoms with Crippen molar-refractivity contribution in [3.8, 4) is 0 Å². The lowest BCUT2D eigenvalue weighted by Gasteiger charge is -2.26. The average molecular weight is 308 g/mol. The normalized spacial score (nSPS) is 13.9. The fraction of sp³-hybridized carbons (Fsp3) is 0.500. The van der Waals surface area contributed by atoms with Gasteiger partial charge in [-0.2, -0.15) is 0 Å². The zero-order valence-corrected chi connectivity index (χ0v) is 13.5. The van der Waals surface area contributed by atoms with E-state index < -0.39 is 29.7 Å². The van der Waals surface area contributed by atoms with Crippen LogP contribution in [0.2, 0.25) is 0 Å². The first-order chi connectivity index (χ1) is 10.2. The molecule has 1 amide bonds. The van der Waals surface area contributed by atoms with Gasteiger partial charge in [0.15, 0.2) is 0 Å². The predicted octanol–water partition coefficient (Wildman–Crippen LogP) is 2.14. The first-order valence-electron chi connectivity index (χ1n) is 7.21. The quantitative estimate of drug-likeness (QED) is 0.813. The lowest BCUT2D eigenvalue weighted by molar-refractivity contribution is -0.145. The summed E-state index contributed by atoms with van der Waals surface area (Å²) in [5, 5.41) is 2.64. The fourth-order valence-corrected chi connectivity index (χ4v) is 1.85. The monoisotopic (exact) mass is 308 g/mol. The summed E-state index contributed by atoms with van der Waals surface area (Å²) < 4.78 is 10.2. The molecule has 1 aromatic rings. The molecule has 3 N–H and O–H groups in total. The van der Waals surface area contributed by atoms with Crippen molar-refractivity contribution in [1.82, 2.24) is 5.32 Å². The number of carbonyl (C=O) groups excluding carboxylic acids is 2. The second-order valence-electron chi connectivity index (χ2n) is 5.81. The number of hydrogen-bond donors (Lipinski definition) is 2. The van der Waals surface area contributed by atoms with E-state index in [-0.39, 0.29) is 6.61 Å². The smallest absolute Gasteiger partial charge is 0.408 e. The number of hydrogen-bond acceptors (Lipinski definition) is 5. The van der Waals surface area contributed by atoms with Crippen LogP contribution in [-0.2, 0) is 14.3 Å². The van der Waals surface area contributed by atoms with Gasteiger partial charge in [-0.05, 0) is 33.3 Å². The Bertz CT molecular complexity index is 497. The lowest BCUT2D eigenvalue weighted by atomic mass is 10.00. The molecule has 0 aliphatic carbocycles. The molecule has 2 atom stereocenters. The molecule has 0 fully saturated rings. The topological polar surface area (TPSA) is 90.6 Å². The van der Waals surface area contributed by atoms with Crippen LogP contribution in [0.1, 0.15) is 39.3 Å². The number of ether oxygens (including phenoxy) is 2. The predicted molar refractivity (Wildman–Crippen MR) is 83.2 cm³/mol. The Balaban J connectivity index is 2.93. The van der Waals surface area contributed by atoms with E-state index in [1.54, 1.807) is 52.0 Å². The van der Waals surface area contributed by atoms with Crippen LogP contribution in [0.5, 0.6) is 0 Å². The zero-order valence-electron chi connectivity index (χ0n) is 13.5. The zero-order chi connectivity index (χ0) is 16.8. The van der Waals surface area contributed by atoms with Crippen LogP contribution in [0.4, 0.5) is 4.79 Å². The van der Waals surface area contributed by atoms with Crippen molar-refractivity contribution >= 4 is 12.1 Å². The molecular weight excluding hydrogens is 284 g/mol. The number of carbonyl (C=O) groups is 2. The van der Waals surface area contributed by atoms with Crippen LogP contribution >= 0.6 is 0 Å². The summed E-state index contributed by atoms with van der Waals surface area (Å²) in [6.07, 6.45) is -0.638. The van der Waals surface area contributed by atoms with E-state index in [1.807, 2.05) is 6.07 Å².